The Morgan fingerprint density at radius 3 is 2.28 bits per heavy atom. The maximum Gasteiger partial charge on any atom is 0.435 e. The van der Waals surface area contributed by atoms with E-state index >= 15 is 8.78 Å². The molecule has 26 heteroatoms. The number of rotatable bonds is 11. The number of fused-ring (bicyclic) bond motifs is 5. The smallest absolute Gasteiger partial charge is 0.346 e. The zero-order valence-corrected chi connectivity index (χ0v) is 37.8. The van der Waals surface area contributed by atoms with Crippen LogP contribution in [0.15, 0.2) is 48.7 Å². The van der Waals surface area contributed by atoms with Gasteiger partial charge in [-0.05, 0) is 74.4 Å². The van der Waals surface area contributed by atoms with E-state index in [1.165, 1.54) is 38.2 Å². The Morgan fingerprint density at radius 2 is 1.66 bits per heavy atom. The van der Waals surface area contributed by atoms with Crippen molar-refractivity contribution in [1.82, 2.24) is 34.8 Å². The lowest BCUT2D eigenvalue weighted by molar-refractivity contribution is -0.142. The van der Waals surface area contributed by atoms with Crippen LogP contribution in [0.25, 0.3) is 32.9 Å². The fourth-order valence-corrected chi connectivity index (χ4v) is 9.20. The molecule has 6 aromatic rings. The van der Waals surface area contributed by atoms with Crippen molar-refractivity contribution in [1.29, 1.82) is 0 Å². The zero-order chi connectivity index (χ0) is 49.8. The SMILES string of the molecule is CC(C)(C#Cc1nc([C@H](Cc2cc(F)cc(F)c2)NC(=O)Cn2nc(C(F)(F)F)c3c2C(F)(F)[C@@H]2C[C@H]32)c(-c2ccc(Cl)c3c(NS(C)(=O)=O)nn(CC(F)(F)F)c23)c2ncccc12)S(C)(=O)=O. The molecule has 2 aliphatic rings. The van der Waals surface area contributed by atoms with Crippen molar-refractivity contribution in [3.05, 3.63) is 99.2 Å². The van der Waals surface area contributed by atoms with Gasteiger partial charge < -0.3 is 5.32 Å². The van der Waals surface area contributed by atoms with Crippen LogP contribution in [0, 0.1) is 29.4 Å². The van der Waals surface area contributed by atoms with Crippen LogP contribution in [0.1, 0.15) is 66.1 Å². The van der Waals surface area contributed by atoms with E-state index in [4.69, 9.17) is 16.6 Å². The molecular formula is C42H33ClF10N8O5S2. The van der Waals surface area contributed by atoms with Crippen LogP contribution in [-0.2, 0) is 56.3 Å². The first-order chi connectivity index (χ1) is 31.3. The Hall–Kier alpha value is -6.00. The lowest BCUT2D eigenvalue weighted by Crippen LogP contribution is -2.35. The number of pyridine rings is 2. The number of nitrogens with one attached hydrogen (secondary N) is 2. The number of halogens is 11. The highest BCUT2D eigenvalue weighted by Gasteiger charge is 2.68. The number of sulfone groups is 1. The highest BCUT2D eigenvalue weighted by molar-refractivity contribution is 7.92. The molecule has 1 fully saturated rings. The molecule has 0 bridgehead atoms. The van der Waals surface area contributed by atoms with Crippen LogP contribution in [0.4, 0.5) is 49.7 Å². The molecule has 0 spiro atoms. The lowest BCUT2D eigenvalue weighted by atomic mass is 9.91. The summed E-state index contributed by atoms with van der Waals surface area (Å²) in [6.07, 6.45) is -8.36. The molecule has 2 aromatic carbocycles. The van der Waals surface area contributed by atoms with E-state index in [1.54, 1.807) is 0 Å². The van der Waals surface area contributed by atoms with Crippen molar-refractivity contribution >= 4 is 65.0 Å². The highest BCUT2D eigenvalue weighted by Crippen LogP contribution is 2.68. The summed E-state index contributed by atoms with van der Waals surface area (Å²) in [4.78, 5) is 23.4. The van der Waals surface area contributed by atoms with Crippen LogP contribution in [0.2, 0.25) is 5.02 Å². The average Bonchev–Trinajstić information content (AvgIpc) is 3.72. The molecule has 68 heavy (non-hydrogen) atoms. The second kappa shape index (κ2) is 16.3. The number of hydrogen-bond acceptors (Lipinski definition) is 9. The third kappa shape index (κ3) is 9.16. The minimum Gasteiger partial charge on any atom is -0.346 e. The van der Waals surface area contributed by atoms with Crippen molar-refractivity contribution in [3.63, 3.8) is 0 Å². The van der Waals surface area contributed by atoms with Gasteiger partial charge in [-0.1, -0.05) is 23.6 Å². The van der Waals surface area contributed by atoms with Crippen molar-refractivity contribution in [2.24, 2.45) is 5.92 Å². The van der Waals surface area contributed by atoms with Crippen LogP contribution < -0.4 is 10.0 Å². The summed E-state index contributed by atoms with van der Waals surface area (Å²) >= 11 is 6.56. The van der Waals surface area contributed by atoms with E-state index in [9.17, 15) is 56.8 Å². The number of anilines is 1. The third-order valence-corrected chi connectivity index (χ3v) is 14.3. The van der Waals surface area contributed by atoms with Gasteiger partial charge >= 0.3 is 12.4 Å². The van der Waals surface area contributed by atoms with Gasteiger partial charge in [-0.2, -0.15) is 45.3 Å². The topological polar surface area (TPSA) is 171 Å². The Labute approximate surface area is 384 Å². The van der Waals surface area contributed by atoms with Gasteiger partial charge in [0.15, 0.2) is 21.3 Å². The van der Waals surface area contributed by atoms with Crippen molar-refractivity contribution in [2.75, 3.05) is 17.2 Å². The number of benzene rings is 2. The molecule has 2 N–H and O–H groups in total. The van der Waals surface area contributed by atoms with Crippen LogP contribution in [0.5, 0.6) is 0 Å². The summed E-state index contributed by atoms with van der Waals surface area (Å²) in [6.45, 7) is -0.611. The first kappa shape index (κ1) is 48.5. The summed E-state index contributed by atoms with van der Waals surface area (Å²) in [7, 11) is -8.18. The molecule has 1 amide bonds. The first-order valence-corrected chi connectivity index (χ1v) is 24.1. The van der Waals surface area contributed by atoms with Gasteiger partial charge in [0, 0.05) is 46.5 Å². The second-order valence-electron chi connectivity index (χ2n) is 16.9. The minimum atomic E-state index is -5.21. The quantitative estimate of drug-likeness (QED) is 0.0959. The van der Waals surface area contributed by atoms with Gasteiger partial charge in [-0.3, -0.25) is 23.9 Å². The summed E-state index contributed by atoms with van der Waals surface area (Å²) in [5.74, 6) is -5.40. The minimum absolute atomic E-state index is 0.0111. The molecule has 4 aromatic heterocycles. The molecule has 0 unspecified atom stereocenters. The van der Waals surface area contributed by atoms with Crippen LogP contribution >= 0.6 is 11.6 Å². The summed E-state index contributed by atoms with van der Waals surface area (Å²) < 4.78 is 198. The number of hydrogen-bond donors (Lipinski definition) is 2. The Bertz CT molecular complexity index is 3380. The molecular weight excluding hydrogens is 986 g/mol. The molecule has 360 valence electrons. The maximum absolute atomic E-state index is 15.6. The van der Waals surface area contributed by atoms with Gasteiger partial charge in [-0.15, -0.1) is 0 Å². The van der Waals surface area contributed by atoms with Crippen LogP contribution in [-0.4, -0.2) is 75.7 Å². The highest BCUT2D eigenvalue weighted by atomic mass is 35.5. The predicted molar refractivity (Wildman–Crippen MR) is 227 cm³/mol. The van der Waals surface area contributed by atoms with Crippen LogP contribution in [0.3, 0.4) is 0 Å². The third-order valence-electron chi connectivity index (χ3n) is 11.4. The van der Waals surface area contributed by atoms with Crippen molar-refractivity contribution < 1.29 is 65.5 Å². The maximum atomic E-state index is 15.6. The predicted octanol–water partition coefficient (Wildman–Crippen LogP) is 8.21. The standard InChI is InChI=1S/C42H33ClF10N8O5S2/c1-39(2,67(3,63)64)10-9-27-22-6-5-11-54-33(22)30(23-7-8-26(43)32-35(23)61(18-40(46,47)48)58-38(32)59-68(4,65)66)34(56-27)28(14-19-12-20(44)15-21(45)13-19)55-29(62)17-60-37-31(36(57-60)42(51,52)53)24-16-25(24)41(37,49)50/h5-8,11-13,15,24-25,28H,14,16-18H2,1-4H3,(H,55,62)(H,58,59)/t24-,25+,28-/m0/s1. The number of alkyl halides is 8. The summed E-state index contributed by atoms with van der Waals surface area (Å²) in [5, 5.41) is 9.09. The number of carbonyl (C=O) groups is 1. The number of amides is 1. The molecule has 4 heterocycles. The molecule has 13 nitrogen and oxygen atoms in total. The molecule has 3 atom stereocenters. The Morgan fingerprint density at radius 1 is 0.985 bits per heavy atom. The Balaban J connectivity index is 1.42. The number of sulfonamides is 1. The van der Waals surface area contributed by atoms with E-state index in [0.29, 0.717) is 17.0 Å². The first-order valence-electron chi connectivity index (χ1n) is 19.9. The fourth-order valence-electron chi connectivity index (χ4n) is 8.23. The normalized spacial score (nSPS) is 17.4. The van der Waals surface area contributed by atoms with Gasteiger partial charge in [0.05, 0.1) is 39.4 Å². The van der Waals surface area contributed by atoms with Crippen molar-refractivity contribution in [2.45, 2.75) is 74.8 Å². The van der Waals surface area contributed by atoms with E-state index in [1.807, 2.05) is 4.72 Å². The van der Waals surface area contributed by atoms with E-state index < -0.39 is 132 Å². The Kier molecular flexibility index (Phi) is 11.6. The van der Waals surface area contributed by atoms with E-state index in [0.717, 1.165) is 24.5 Å². The summed E-state index contributed by atoms with van der Waals surface area (Å²) in [5.41, 5.74) is -5.69. The van der Waals surface area contributed by atoms with Gasteiger partial charge in [0.2, 0.25) is 15.9 Å². The number of carbonyl (C=O) groups excluding carboxylic acids is 1. The molecule has 1 saturated carbocycles. The van der Waals surface area contributed by atoms with Gasteiger partial charge in [0.1, 0.15) is 40.9 Å². The monoisotopic (exact) mass is 1020 g/mol. The van der Waals surface area contributed by atoms with Gasteiger partial charge in [-0.25, -0.2) is 30.6 Å². The van der Waals surface area contributed by atoms with Crippen molar-refractivity contribution in [3.8, 4) is 23.0 Å². The molecule has 0 radical (unpaired) electrons. The van der Waals surface area contributed by atoms with E-state index in [2.05, 4.69) is 32.3 Å². The molecule has 0 aliphatic heterocycles. The zero-order valence-electron chi connectivity index (χ0n) is 35.4. The number of nitrogens with zero attached hydrogens (tertiary/aromatic N) is 6. The average molecular weight is 1020 g/mol. The fraction of sp³-hybridized carbons (Fsp3) is 0.357. The largest absolute Gasteiger partial charge is 0.435 e. The van der Waals surface area contributed by atoms with Gasteiger partial charge in [0.25, 0.3) is 5.92 Å². The van der Waals surface area contributed by atoms with E-state index in [-0.39, 0.29) is 54.8 Å². The molecule has 2 aliphatic carbocycles. The number of aromatic nitrogens is 6. The lowest BCUT2D eigenvalue weighted by Gasteiger charge is -2.24. The molecule has 8 rings (SSSR count). The molecule has 0 saturated heterocycles. The summed E-state index contributed by atoms with van der Waals surface area (Å²) in [6, 6.07) is 5.52. The second-order valence-corrected chi connectivity index (χ2v) is 21.6.